The molecule has 1 amide bonds. The molecule has 0 saturated carbocycles. The fourth-order valence-corrected chi connectivity index (χ4v) is 4.55. The van der Waals surface area contributed by atoms with Gasteiger partial charge in [-0.1, -0.05) is 72.8 Å². The first-order valence-corrected chi connectivity index (χ1v) is 12.5. The van der Waals surface area contributed by atoms with Gasteiger partial charge in [0.1, 0.15) is 11.7 Å². The van der Waals surface area contributed by atoms with Crippen LogP contribution in [-0.4, -0.2) is 36.7 Å². The summed E-state index contributed by atoms with van der Waals surface area (Å²) in [6, 6.07) is 25.9. The second-order valence-electron chi connectivity index (χ2n) is 9.13. The van der Waals surface area contributed by atoms with E-state index in [1.807, 2.05) is 60.7 Å². The number of carbonyl (C=O) groups excluding carboxylic acids is 1. The number of non-ortho nitro benzene ring substituents is 1. The van der Waals surface area contributed by atoms with Gasteiger partial charge in [0.15, 0.2) is 5.65 Å². The van der Waals surface area contributed by atoms with Crippen molar-refractivity contribution in [2.45, 2.75) is 25.4 Å². The van der Waals surface area contributed by atoms with Crippen molar-refractivity contribution in [2.24, 2.45) is 0 Å². The fourth-order valence-electron chi connectivity index (χ4n) is 4.55. The molecule has 0 aliphatic rings. The predicted molar refractivity (Wildman–Crippen MR) is 146 cm³/mol. The van der Waals surface area contributed by atoms with Crippen LogP contribution in [0.4, 0.5) is 5.69 Å². The van der Waals surface area contributed by atoms with Gasteiger partial charge in [0, 0.05) is 31.0 Å². The molecular formula is C29H26N6O4. The highest BCUT2D eigenvalue weighted by molar-refractivity contribution is 5.77. The molecule has 39 heavy (non-hydrogen) atoms. The SMILES string of the molecule is O=C(CC(c1ccccc1)c1ccccc1)NCCn1ncc2c(=O)n(Cc3ccc([N+](=O)[O-])cc3)cnc21. The number of fused-ring (bicyclic) bond motifs is 1. The van der Waals surface area contributed by atoms with Gasteiger partial charge >= 0.3 is 0 Å². The lowest BCUT2D eigenvalue weighted by Crippen LogP contribution is -2.29. The molecule has 0 aliphatic heterocycles. The normalized spacial score (nSPS) is 11.1. The number of nitrogens with zero attached hydrogens (tertiary/aromatic N) is 5. The minimum absolute atomic E-state index is 0.0105. The van der Waals surface area contributed by atoms with E-state index in [0.717, 1.165) is 16.7 Å². The average molecular weight is 523 g/mol. The van der Waals surface area contributed by atoms with E-state index >= 15 is 0 Å². The highest BCUT2D eigenvalue weighted by atomic mass is 16.6. The smallest absolute Gasteiger partial charge is 0.269 e. The van der Waals surface area contributed by atoms with E-state index in [4.69, 9.17) is 0 Å². The topological polar surface area (TPSA) is 125 Å². The second kappa shape index (κ2) is 11.5. The molecule has 1 N–H and O–H groups in total. The van der Waals surface area contributed by atoms with Gasteiger partial charge in [-0.15, -0.1) is 0 Å². The van der Waals surface area contributed by atoms with Crippen LogP contribution < -0.4 is 10.9 Å². The second-order valence-corrected chi connectivity index (χ2v) is 9.13. The molecule has 0 radical (unpaired) electrons. The summed E-state index contributed by atoms with van der Waals surface area (Å²) in [4.78, 5) is 40.7. The Morgan fingerprint density at radius 1 is 0.949 bits per heavy atom. The largest absolute Gasteiger partial charge is 0.354 e. The molecular weight excluding hydrogens is 496 g/mol. The van der Waals surface area contributed by atoms with Gasteiger partial charge in [-0.25, -0.2) is 9.67 Å². The molecule has 10 heteroatoms. The lowest BCUT2D eigenvalue weighted by Gasteiger charge is -2.18. The van der Waals surface area contributed by atoms with E-state index in [0.29, 0.717) is 30.5 Å². The Bertz CT molecular complexity index is 1610. The lowest BCUT2D eigenvalue weighted by molar-refractivity contribution is -0.384. The number of carbonyl (C=O) groups is 1. The van der Waals surface area contributed by atoms with E-state index in [2.05, 4.69) is 15.4 Å². The molecule has 196 valence electrons. The Morgan fingerprint density at radius 2 is 1.59 bits per heavy atom. The van der Waals surface area contributed by atoms with E-state index in [1.54, 1.807) is 16.8 Å². The van der Waals surface area contributed by atoms with Gasteiger partial charge in [-0.3, -0.25) is 24.3 Å². The molecule has 10 nitrogen and oxygen atoms in total. The Hall–Kier alpha value is -5.12. The van der Waals surface area contributed by atoms with Gasteiger partial charge in [0.05, 0.1) is 24.2 Å². The summed E-state index contributed by atoms with van der Waals surface area (Å²) in [7, 11) is 0. The number of nitro benzene ring substituents is 1. The third kappa shape index (κ3) is 5.90. The third-order valence-corrected chi connectivity index (χ3v) is 6.56. The third-order valence-electron chi connectivity index (χ3n) is 6.56. The van der Waals surface area contributed by atoms with Crippen molar-refractivity contribution in [2.75, 3.05) is 6.54 Å². The number of benzene rings is 3. The van der Waals surface area contributed by atoms with Crippen LogP contribution in [0.1, 0.15) is 29.0 Å². The van der Waals surface area contributed by atoms with Crippen LogP contribution in [0.2, 0.25) is 0 Å². The predicted octanol–water partition coefficient (Wildman–Crippen LogP) is 3.89. The first-order valence-electron chi connectivity index (χ1n) is 12.5. The number of hydrogen-bond donors (Lipinski definition) is 1. The van der Waals surface area contributed by atoms with Gasteiger partial charge in [-0.05, 0) is 16.7 Å². The van der Waals surface area contributed by atoms with Crippen molar-refractivity contribution >= 4 is 22.6 Å². The van der Waals surface area contributed by atoms with Gasteiger partial charge < -0.3 is 5.32 Å². The van der Waals surface area contributed by atoms with Crippen LogP contribution in [0.25, 0.3) is 11.0 Å². The molecule has 0 unspecified atom stereocenters. The minimum atomic E-state index is -0.467. The maximum atomic E-state index is 13.0. The molecule has 0 spiro atoms. The summed E-state index contributed by atoms with van der Waals surface area (Å²) in [6.07, 6.45) is 3.21. The van der Waals surface area contributed by atoms with E-state index in [-0.39, 0.29) is 29.6 Å². The van der Waals surface area contributed by atoms with Crippen LogP contribution in [0.15, 0.2) is 102 Å². The number of rotatable bonds is 10. The summed E-state index contributed by atoms with van der Waals surface area (Å²) in [5, 5.41) is 18.5. The first kappa shape index (κ1) is 25.5. The molecule has 0 bridgehead atoms. The highest BCUT2D eigenvalue weighted by Crippen LogP contribution is 2.27. The molecule has 2 heterocycles. The summed E-state index contributed by atoms with van der Waals surface area (Å²) >= 11 is 0. The van der Waals surface area contributed by atoms with Crippen LogP contribution in [-0.2, 0) is 17.9 Å². The van der Waals surface area contributed by atoms with Crippen molar-refractivity contribution in [3.8, 4) is 0 Å². The molecule has 5 rings (SSSR count). The Kier molecular flexibility index (Phi) is 7.53. The van der Waals surface area contributed by atoms with Crippen molar-refractivity contribution in [3.63, 3.8) is 0 Å². The summed E-state index contributed by atoms with van der Waals surface area (Å²) in [5.41, 5.74) is 3.05. The zero-order chi connectivity index (χ0) is 27.2. The van der Waals surface area contributed by atoms with E-state index in [9.17, 15) is 19.7 Å². The maximum Gasteiger partial charge on any atom is 0.269 e. The molecule has 5 aromatic rings. The molecule has 2 aromatic heterocycles. The zero-order valence-corrected chi connectivity index (χ0v) is 21.0. The average Bonchev–Trinajstić information content (AvgIpc) is 3.38. The van der Waals surface area contributed by atoms with Crippen LogP contribution in [0.5, 0.6) is 0 Å². The van der Waals surface area contributed by atoms with Gasteiger partial charge in [0.2, 0.25) is 5.91 Å². The van der Waals surface area contributed by atoms with Crippen LogP contribution in [0.3, 0.4) is 0 Å². The molecule has 0 saturated heterocycles. The summed E-state index contributed by atoms with van der Waals surface area (Å²) < 4.78 is 3.03. The molecule has 3 aromatic carbocycles. The number of nitro groups is 1. The Morgan fingerprint density at radius 3 is 2.21 bits per heavy atom. The van der Waals surface area contributed by atoms with Crippen molar-refractivity contribution in [1.82, 2.24) is 24.6 Å². The number of hydrogen-bond acceptors (Lipinski definition) is 6. The quantitative estimate of drug-likeness (QED) is 0.219. The fraction of sp³-hybridized carbons (Fsp3) is 0.172. The molecule has 0 aliphatic carbocycles. The number of aromatic nitrogens is 4. The Balaban J connectivity index is 1.23. The van der Waals surface area contributed by atoms with Gasteiger partial charge in [-0.2, -0.15) is 5.10 Å². The number of amides is 1. The molecule has 0 fully saturated rings. The van der Waals surface area contributed by atoms with Crippen molar-refractivity contribution in [3.05, 3.63) is 135 Å². The highest BCUT2D eigenvalue weighted by Gasteiger charge is 2.18. The molecule has 0 atom stereocenters. The van der Waals surface area contributed by atoms with Gasteiger partial charge in [0.25, 0.3) is 11.2 Å². The van der Waals surface area contributed by atoms with Crippen LogP contribution in [0, 0.1) is 10.1 Å². The van der Waals surface area contributed by atoms with E-state index in [1.165, 1.54) is 29.2 Å². The minimum Gasteiger partial charge on any atom is -0.354 e. The van der Waals surface area contributed by atoms with Crippen molar-refractivity contribution in [1.29, 1.82) is 0 Å². The summed E-state index contributed by atoms with van der Waals surface area (Å²) in [5.74, 6) is -0.142. The van der Waals surface area contributed by atoms with Crippen LogP contribution >= 0.6 is 0 Å². The maximum absolute atomic E-state index is 13.0. The first-order chi connectivity index (χ1) is 19.0. The van der Waals surface area contributed by atoms with Crippen molar-refractivity contribution < 1.29 is 9.72 Å². The van der Waals surface area contributed by atoms with E-state index < -0.39 is 4.92 Å². The summed E-state index contributed by atoms with van der Waals surface area (Å²) in [6.45, 7) is 0.917. The Labute approximate surface area is 223 Å². The zero-order valence-electron chi connectivity index (χ0n) is 21.0. The lowest BCUT2D eigenvalue weighted by atomic mass is 9.88. The standard InChI is InChI=1S/C29H26N6O4/c36-27(17-25(22-7-3-1-4-8-22)23-9-5-2-6-10-23)30-15-16-34-28-26(18-32-34)29(37)33(20-31-28)19-21-11-13-24(14-12-21)35(38)39/h1-14,18,20,25H,15-17,19H2,(H,30,36). The monoisotopic (exact) mass is 522 g/mol. The number of nitrogens with one attached hydrogen (secondary N) is 1.